The molecule has 0 aromatic carbocycles. The Labute approximate surface area is 76.1 Å². The fourth-order valence-electron chi connectivity index (χ4n) is 0.897. The molecule has 0 radical (unpaired) electrons. The molecule has 0 saturated heterocycles. The Bertz CT molecular complexity index is 306. The molecule has 6 heteroatoms. The number of aryl methyl sites for hydroxylation is 1. The smallest absolute Gasteiger partial charge is 0.239 e. The third kappa shape index (κ3) is 2.36. The van der Waals surface area contributed by atoms with Gasteiger partial charge >= 0.3 is 0 Å². The fourth-order valence-corrected chi connectivity index (χ4v) is 0.897. The maximum atomic E-state index is 10.9. The molecule has 1 amide bonds. The van der Waals surface area contributed by atoms with Crippen LogP contribution in [0.3, 0.4) is 0 Å². The lowest BCUT2D eigenvalue weighted by Gasteiger charge is -2.01. The second kappa shape index (κ2) is 3.79. The number of anilines is 2. The van der Waals surface area contributed by atoms with Gasteiger partial charge in [0.2, 0.25) is 5.91 Å². The highest BCUT2D eigenvalue weighted by Crippen LogP contribution is 2.13. The van der Waals surface area contributed by atoms with Crippen LogP contribution < -0.4 is 16.4 Å². The maximum Gasteiger partial charge on any atom is 0.239 e. The zero-order valence-electron chi connectivity index (χ0n) is 7.66. The monoisotopic (exact) mass is 183 g/mol. The molecule has 6 nitrogen and oxygen atoms in total. The molecule has 1 rings (SSSR count). The normalized spacial score (nSPS) is 9.69. The number of nitrogens with two attached hydrogens (primary N) is 1. The van der Waals surface area contributed by atoms with Crippen LogP contribution in [-0.4, -0.2) is 29.3 Å². The first kappa shape index (κ1) is 9.37. The van der Waals surface area contributed by atoms with Gasteiger partial charge in [-0.25, -0.2) is 0 Å². The van der Waals surface area contributed by atoms with Gasteiger partial charge in [-0.2, -0.15) is 5.10 Å². The van der Waals surface area contributed by atoms with E-state index in [4.69, 9.17) is 5.73 Å². The number of rotatable bonds is 3. The third-order valence-electron chi connectivity index (χ3n) is 1.55. The van der Waals surface area contributed by atoms with Crippen LogP contribution in [-0.2, 0) is 11.8 Å². The number of nitrogen functional groups attached to an aromatic ring is 1. The summed E-state index contributed by atoms with van der Waals surface area (Å²) in [4.78, 5) is 10.9. The van der Waals surface area contributed by atoms with Crippen molar-refractivity contribution >= 4 is 17.4 Å². The van der Waals surface area contributed by atoms with Crippen molar-refractivity contribution < 1.29 is 4.79 Å². The zero-order valence-corrected chi connectivity index (χ0v) is 7.66. The van der Waals surface area contributed by atoms with Crippen LogP contribution in [0, 0.1) is 0 Å². The first-order valence-corrected chi connectivity index (χ1v) is 3.87. The predicted molar refractivity (Wildman–Crippen MR) is 50.2 cm³/mol. The second-order valence-electron chi connectivity index (χ2n) is 2.63. The Balaban J connectivity index is 2.54. The Morgan fingerprint density at radius 2 is 2.46 bits per heavy atom. The summed E-state index contributed by atoms with van der Waals surface area (Å²) in [7, 11) is 3.34. The summed E-state index contributed by atoms with van der Waals surface area (Å²) < 4.78 is 1.58. The number of hydrogen-bond acceptors (Lipinski definition) is 4. The predicted octanol–water partition coefficient (Wildman–Crippen LogP) is -0.840. The molecular weight excluding hydrogens is 170 g/mol. The topological polar surface area (TPSA) is 85.0 Å². The van der Waals surface area contributed by atoms with Gasteiger partial charge in [0.1, 0.15) is 0 Å². The zero-order chi connectivity index (χ0) is 9.84. The van der Waals surface area contributed by atoms with Gasteiger partial charge in [0.15, 0.2) is 5.82 Å². The van der Waals surface area contributed by atoms with Crippen LogP contribution in [0.4, 0.5) is 11.5 Å². The molecule has 0 saturated carbocycles. The van der Waals surface area contributed by atoms with E-state index in [0.717, 1.165) is 0 Å². The van der Waals surface area contributed by atoms with Gasteiger partial charge < -0.3 is 16.4 Å². The highest BCUT2D eigenvalue weighted by Gasteiger charge is 2.04. The van der Waals surface area contributed by atoms with Crippen LogP contribution in [0.1, 0.15) is 0 Å². The van der Waals surface area contributed by atoms with Crippen molar-refractivity contribution in [1.29, 1.82) is 0 Å². The average Bonchev–Trinajstić information content (AvgIpc) is 2.41. The quantitative estimate of drug-likeness (QED) is 0.570. The molecule has 0 atom stereocenters. The summed E-state index contributed by atoms with van der Waals surface area (Å²) >= 11 is 0. The third-order valence-corrected chi connectivity index (χ3v) is 1.55. The number of carbonyl (C=O) groups excluding carboxylic acids is 1. The lowest BCUT2D eigenvalue weighted by molar-refractivity contribution is -0.118. The molecule has 1 aromatic rings. The van der Waals surface area contributed by atoms with Crippen LogP contribution >= 0.6 is 0 Å². The summed E-state index contributed by atoms with van der Waals surface area (Å²) in [5.41, 5.74) is 6.13. The van der Waals surface area contributed by atoms with Crippen molar-refractivity contribution in [3.8, 4) is 0 Å². The number of hydrogen-bond donors (Lipinski definition) is 3. The van der Waals surface area contributed by atoms with Crippen LogP contribution in [0.2, 0.25) is 0 Å². The molecule has 0 bridgehead atoms. The maximum absolute atomic E-state index is 10.9. The van der Waals surface area contributed by atoms with Gasteiger partial charge in [-0.1, -0.05) is 0 Å². The van der Waals surface area contributed by atoms with E-state index in [1.54, 1.807) is 25.0 Å². The molecule has 0 fully saturated rings. The lowest BCUT2D eigenvalue weighted by Crippen LogP contribution is -2.26. The van der Waals surface area contributed by atoms with Crippen molar-refractivity contribution in [1.82, 2.24) is 15.1 Å². The van der Waals surface area contributed by atoms with Crippen LogP contribution in [0.25, 0.3) is 0 Å². The number of aromatic nitrogens is 2. The van der Waals surface area contributed by atoms with Gasteiger partial charge in [-0.3, -0.25) is 9.48 Å². The van der Waals surface area contributed by atoms with E-state index in [-0.39, 0.29) is 12.5 Å². The summed E-state index contributed by atoms with van der Waals surface area (Å²) in [6.45, 7) is 0.178. The van der Waals surface area contributed by atoms with E-state index in [1.165, 1.54) is 0 Å². The van der Waals surface area contributed by atoms with Gasteiger partial charge in [-0.05, 0) is 0 Å². The van der Waals surface area contributed by atoms with Crippen molar-refractivity contribution in [2.75, 3.05) is 24.6 Å². The minimum absolute atomic E-state index is 0.106. The van der Waals surface area contributed by atoms with Gasteiger partial charge in [0, 0.05) is 20.3 Å². The van der Waals surface area contributed by atoms with E-state index in [2.05, 4.69) is 15.7 Å². The summed E-state index contributed by atoms with van der Waals surface area (Å²) in [5.74, 6) is 0.427. The Hall–Kier alpha value is -1.72. The summed E-state index contributed by atoms with van der Waals surface area (Å²) in [5, 5.41) is 9.32. The molecule has 4 N–H and O–H groups in total. The highest BCUT2D eigenvalue weighted by molar-refractivity contribution is 5.81. The van der Waals surface area contributed by atoms with E-state index in [9.17, 15) is 4.79 Å². The van der Waals surface area contributed by atoms with Gasteiger partial charge in [0.05, 0.1) is 12.2 Å². The van der Waals surface area contributed by atoms with Crippen LogP contribution in [0.5, 0.6) is 0 Å². The Kier molecular flexibility index (Phi) is 2.73. The molecule has 72 valence electrons. The molecule has 0 unspecified atom stereocenters. The highest BCUT2D eigenvalue weighted by atomic mass is 16.1. The molecule has 0 spiro atoms. The molecule has 0 aliphatic rings. The van der Waals surface area contributed by atoms with E-state index >= 15 is 0 Å². The second-order valence-corrected chi connectivity index (χ2v) is 2.63. The van der Waals surface area contributed by atoms with E-state index in [1.807, 2.05) is 0 Å². The van der Waals surface area contributed by atoms with Gasteiger partial charge in [0.25, 0.3) is 0 Å². The lowest BCUT2D eigenvalue weighted by atomic mass is 10.5. The standard InChI is InChI=1S/C7H13N5O/c1-9-6(13)3-10-7-5(8)4-12(2)11-7/h4H,3,8H2,1-2H3,(H,9,13)(H,10,11). The van der Waals surface area contributed by atoms with Crippen molar-refractivity contribution in [3.05, 3.63) is 6.20 Å². The summed E-state index contributed by atoms with van der Waals surface area (Å²) in [6.07, 6.45) is 1.67. The molecule has 1 aromatic heterocycles. The van der Waals surface area contributed by atoms with Crippen LogP contribution in [0.15, 0.2) is 6.20 Å². The van der Waals surface area contributed by atoms with Crippen molar-refractivity contribution in [2.45, 2.75) is 0 Å². The number of nitrogens with zero attached hydrogens (tertiary/aromatic N) is 2. The summed E-state index contributed by atoms with van der Waals surface area (Å²) in [6, 6.07) is 0. The Morgan fingerprint density at radius 1 is 1.77 bits per heavy atom. The molecular formula is C7H13N5O. The van der Waals surface area contributed by atoms with Gasteiger partial charge in [-0.15, -0.1) is 0 Å². The SMILES string of the molecule is CNC(=O)CNc1nn(C)cc1N. The molecule has 0 aliphatic carbocycles. The number of carbonyl (C=O) groups is 1. The van der Waals surface area contributed by atoms with E-state index in [0.29, 0.717) is 11.5 Å². The number of amides is 1. The fraction of sp³-hybridized carbons (Fsp3) is 0.429. The average molecular weight is 183 g/mol. The largest absolute Gasteiger partial charge is 0.394 e. The van der Waals surface area contributed by atoms with Crippen molar-refractivity contribution in [3.63, 3.8) is 0 Å². The first-order valence-electron chi connectivity index (χ1n) is 3.87. The minimum atomic E-state index is -0.106. The number of nitrogens with one attached hydrogen (secondary N) is 2. The Morgan fingerprint density at radius 3 is 2.92 bits per heavy atom. The minimum Gasteiger partial charge on any atom is -0.394 e. The molecule has 13 heavy (non-hydrogen) atoms. The van der Waals surface area contributed by atoms with E-state index < -0.39 is 0 Å². The first-order chi connectivity index (χ1) is 6.13. The number of likely N-dealkylation sites (N-methyl/N-ethyl adjacent to an activating group) is 1. The molecule has 0 aliphatic heterocycles. The van der Waals surface area contributed by atoms with Crippen molar-refractivity contribution in [2.24, 2.45) is 7.05 Å². The molecule has 1 heterocycles.